The second kappa shape index (κ2) is 8.26. The summed E-state index contributed by atoms with van der Waals surface area (Å²) < 4.78 is 5.02. The van der Waals surface area contributed by atoms with Crippen LogP contribution in [0.3, 0.4) is 0 Å². The number of hydrogen-bond acceptors (Lipinski definition) is 4. The molecule has 4 N–H and O–H groups in total. The molecule has 21 heavy (non-hydrogen) atoms. The third-order valence-corrected chi connectivity index (χ3v) is 3.03. The topological polar surface area (TPSA) is 98.6 Å². The first kappa shape index (κ1) is 17.0. The zero-order valence-corrected chi connectivity index (χ0v) is 12.5. The summed E-state index contributed by atoms with van der Waals surface area (Å²) >= 11 is 0. The van der Waals surface area contributed by atoms with Gasteiger partial charge in [-0.3, -0.25) is 9.59 Å². The summed E-state index contributed by atoms with van der Waals surface area (Å²) in [5, 5.41) is 0. The summed E-state index contributed by atoms with van der Waals surface area (Å²) in [6.07, 6.45) is 0.316. The first-order chi connectivity index (χ1) is 9.92. The van der Waals surface area contributed by atoms with Gasteiger partial charge in [-0.15, -0.1) is 0 Å². The fraction of sp³-hybridized carbons (Fsp3) is 0.467. The van der Waals surface area contributed by atoms with Crippen molar-refractivity contribution < 1.29 is 14.3 Å². The van der Waals surface area contributed by atoms with Crippen LogP contribution >= 0.6 is 0 Å². The summed E-state index contributed by atoms with van der Waals surface area (Å²) in [7, 11) is 1.59. The van der Waals surface area contributed by atoms with Gasteiger partial charge in [0, 0.05) is 32.4 Å². The number of carbonyl (C=O) groups is 2. The Kier molecular flexibility index (Phi) is 6.68. The van der Waals surface area contributed by atoms with Gasteiger partial charge in [0.25, 0.3) is 0 Å². The SMILES string of the molecule is COCC(C)CC(=O)N(CC(N)=O)Cc1ccc(N)cc1. The summed E-state index contributed by atoms with van der Waals surface area (Å²) in [6.45, 7) is 2.66. The lowest BCUT2D eigenvalue weighted by Gasteiger charge is -2.23. The number of carbonyl (C=O) groups excluding carboxylic acids is 2. The second-order valence-electron chi connectivity index (χ2n) is 5.22. The van der Waals surface area contributed by atoms with E-state index in [2.05, 4.69) is 0 Å². The average Bonchev–Trinajstić information content (AvgIpc) is 2.40. The normalized spacial score (nSPS) is 11.9. The minimum atomic E-state index is -0.529. The Balaban J connectivity index is 2.72. The van der Waals surface area contributed by atoms with Gasteiger partial charge >= 0.3 is 0 Å². The van der Waals surface area contributed by atoms with Crippen LogP contribution in [-0.2, 0) is 20.9 Å². The molecule has 0 heterocycles. The van der Waals surface area contributed by atoms with Crippen molar-refractivity contribution in [3.8, 4) is 0 Å². The van der Waals surface area contributed by atoms with Crippen molar-refractivity contribution in [2.24, 2.45) is 11.7 Å². The van der Waals surface area contributed by atoms with E-state index in [9.17, 15) is 9.59 Å². The lowest BCUT2D eigenvalue weighted by Crippen LogP contribution is -2.38. The molecule has 1 aromatic carbocycles. The summed E-state index contributed by atoms with van der Waals surface area (Å²) in [5.74, 6) is -0.558. The van der Waals surface area contributed by atoms with Crippen LogP contribution in [0.4, 0.5) is 5.69 Å². The Morgan fingerprint density at radius 2 is 1.90 bits per heavy atom. The molecule has 1 rings (SSSR count). The lowest BCUT2D eigenvalue weighted by molar-refractivity contribution is -0.136. The largest absolute Gasteiger partial charge is 0.399 e. The number of primary amides is 1. The summed E-state index contributed by atoms with van der Waals surface area (Å²) in [4.78, 5) is 24.9. The monoisotopic (exact) mass is 293 g/mol. The molecule has 0 aliphatic carbocycles. The predicted octanol–water partition coefficient (Wildman–Crippen LogP) is 0.755. The average molecular weight is 293 g/mol. The number of ether oxygens (including phenoxy) is 1. The highest BCUT2D eigenvalue weighted by Crippen LogP contribution is 2.12. The molecular formula is C15H23N3O3. The molecule has 0 spiro atoms. The molecule has 0 saturated carbocycles. The molecule has 0 radical (unpaired) electrons. The number of nitrogen functional groups attached to an aromatic ring is 1. The van der Waals surface area contributed by atoms with Crippen molar-refractivity contribution in [2.75, 3.05) is 26.0 Å². The van der Waals surface area contributed by atoms with E-state index in [-0.39, 0.29) is 18.4 Å². The van der Waals surface area contributed by atoms with Gasteiger partial charge in [-0.1, -0.05) is 19.1 Å². The molecule has 1 aromatic rings. The van der Waals surface area contributed by atoms with Crippen LogP contribution in [0.5, 0.6) is 0 Å². The first-order valence-corrected chi connectivity index (χ1v) is 6.81. The van der Waals surface area contributed by atoms with Gasteiger partial charge < -0.3 is 21.1 Å². The van der Waals surface area contributed by atoms with Crippen LogP contribution < -0.4 is 11.5 Å². The number of benzene rings is 1. The van der Waals surface area contributed by atoms with Gasteiger partial charge in [-0.05, 0) is 23.6 Å². The molecule has 0 aliphatic rings. The number of nitrogens with zero attached hydrogens (tertiary/aromatic N) is 1. The standard InChI is InChI=1S/C15H23N3O3/c1-11(10-21-2)7-15(20)18(9-14(17)19)8-12-3-5-13(16)6-4-12/h3-6,11H,7-10,16H2,1-2H3,(H2,17,19). The van der Waals surface area contributed by atoms with E-state index in [0.717, 1.165) is 5.56 Å². The van der Waals surface area contributed by atoms with E-state index in [0.29, 0.717) is 25.3 Å². The van der Waals surface area contributed by atoms with Crippen LogP contribution in [0.25, 0.3) is 0 Å². The highest BCUT2D eigenvalue weighted by molar-refractivity contribution is 5.83. The van der Waals surface area contributed by atoms with Gasteiger partial charge in [-0.2, -0.15) is 0 Å². The maximum atomic E-state index is 12.3. The fourth-order valence-corrected chi connectivity index (χ4v) is 2.03. The Morgan fingerprint density at radius 3 is 2.43 bits per heavy atom. The Morgan fingerprint density at radius 1 is 1.29 bits per heavy atom. The zero-order chi connectivity index (χ0) is 15.8. The molecule has 116 valence electrons. The van der Waals surface area contributed by atoms with Crippen LogP contribution in [0.15, 0.2) is 24.3 Å². The molecule has 0 aromatic heterocycles. The molecule has 2 amide bonds. The minimum Gasteiger partial charge on any atom is -0.399 e. The van der Waals surface area contributed by atoms with Gasteiger partial charge in [0.15, 0.2) is 0 Å². The molecule has 1 unspecified atom stereocenters. The van der Waals surface area contributed by atoms with E-state index >= 15 is 0 Å². The highest BCUT2D eigenvalue weighted by Gasteiger charge is 2.18. The van der Waals surface area contributed by atoms with E-state index in [4.69, 9.17) is 16.2 Å². The third-order valence-electron chi connectivity index (χ3n) is 3.03. The summed E-state index contributed by atoms with van der Waals surface area (Å²) in [5.41, 5.74) is 12.4. The van der Waals surface area contributed by atoms with Gasteiger partial charge in [0.2, 0.25) is 11.8 Å². The zero-order valence-electron chi connectivity index (χ0n) is 12.5. The molecule has 0 fully saturated rings. The molecular weight excluding hydrogens is 270 g/mol. The Labute approximate surface area is 125 Å². The maximum absolute atomic E-state index is 12.3. The third kappa shape index (κ3) is 6.27. The van der Waals surface area contributed by atoms with Crippen molar-refractivity contribution in [3.63, 3.8) is 0 Å². The van der Waals surface area contributed by atoms with Gasteiger partial charge in [-0.25, -0.2) is 0 Å². The van der Waals surface area contributed by atoms with Crippen LogP contribution in [0.1, 0.15) is 18.9 Å². The molecule has 6 nitrogen and oxygen atoms in total. The first-order valence-electron chi connectivity index (χ1n) is 6.81. The Bertz CT molecular complexity index is 474. The molecule has 0 bridgehead atoms. The lowest BCUT2D eigenvalue weighted by atomic mass is 10.1. The van der Waals surface area contributed by atoms with Gasteiger partial charge in [0.05, 0.1) is 6.54 Å². The molecule has 0 aliphatic heterocycles. The van der Waals surface area contributed by atoms with Gasteiger partial charge in [0.1, 0.15) is 0 Å². The smallest absolute Gasteiger partial charge is 0.237 e. The fourth-order valence-electron chi connectivity index (χ4n) is 2.03. The molecule has 1 atom stereocenters. The number of hydrogen-bond donors (Lipinski definition) is 2. The number of rotatable bonds is 8. The molecule has 6 heteroatoms. The second-order valence-corrected chi connectivity index (χ2v) is 5.22. The Hall–Kier alpha value is -2.08. The predicted molar refractivity (Wildman–Crippen MR) is 81.1 cm³/mol. The van der Waals surface area contributed by atoms with Crippen molar-refractivity contribution >= 4 is 17.5 Å². The highest BCUT2D eigenvalue weighted by atomic mass is 16.5. The van der Waals surface area contributed by atoms with Crippen molar-refractivity contribution in [3.05, 3.63) is 29.8 Å². The summed E-state index contributed by atoms with van der Waals surface area (Å²) in [6, 6.07) is 7.18. The quantitative estimate of drug-likeness (QED) is 0.691. The van der Waals surface area contributed by atoms with Crippen molar-refractivity contribution in [1.29, 1.82) is 0 Å². The van der Waals surface area contributed by atoms with E-state index < -0.39 is 5.91 Å². The van der Waals surface area contributed by atoms with Crippen LogP contribution in [-0.4, -0.2) is 37.0 Å². The van der Waals surface area contributed by atoms with E-state index in [1.165, 1.54) is 4.90 Å². The maximum Gasteiger partial charge on any atom is 0.237 e. The minimum absolute atomic E-state index is 0.0873. The number of nitrogens with two attached hydrogens (primary N) is 2. The van der Waals surface area contributed by atoms with Crippen LogP contribution in [0, 0.1) is 5.92 Å². The van der Waals surface area contributed by atoms with Crippen molar-refractivity contribution in [1.82, 2.24) is 4.90 Å². The van der Waals surface area contributed by atoms with Crippen LogP contribution in [0.2, 0.25) is 0 Å². The van der Waals surface area contributed by atoms with Crippen molar-refractivity contribution in [2.45, 2.75) is 19.9 Å². The number of anilines is 1. The van der Waals surface area contributed by atoms with E-state index in [1.807, 2.05) is 19.1 Å². The number of methoxy groups -OCH3 is 1. The molecule has 0 saturated heterocycles. The van der Waals surface area contributed by atoms with E-state index in [1.54, 1.807) is 19.2 Å². The number of amides is 2.